The summed E-state index contributed by atoms with van der Waals surface area (Å²) >= 11 is 0. The van der Waals surface area contributed by atoms with Crippen molar-refractivity contribution >= 4 is 10.8 Å². The lowest BCUT2D eigenvalue weighted by Gasteiger charge is -2.41. The standard InChI is InChI=1S/C17H23N3/c1-17(9-3-2-4-10-17)16(20-18)15-7-5-6-13-12-19-11-8-14(13)15/h5-8,11-12,16,20H,2-4,9-10,18H2,1H3. The van der Waals surface area contributed by atoms with E-state index in [1.54, 1.807) is 0 Å². The zero-order chi connectivity index (χ0) is 14.0. The molecule has 3 rings (SSSR count). The molecule has 1 aromatic carbocycles. The van der Waals surface area contributed by atoms with Gasteiger partial charge < -0.3 is 0 Å². The number of hydrogen-bond acceptors (Lipinski definition) is 3. The van der Waals surface area contributed by atoms with Gasteiger partial charge in [0.1, 0.15) is 0 Å². The summed E-state index contributed by atoms with van der Waals surface area (Å²) in [6.45, 7) is 2.37. The van der Waals surface area contributed by atoms with Gasteiger partial charge in [-0.25, -0.2) is 0 Å². The third kappa shape index (κ3) is 2.32. The highest BCUT2D eigenvalue weighted by atomic mass is 15.2. The molecule has 106 valence electrons. The molecule has 0 aliphatic heterocycles. The Kier molecular flexibility index (Phi) is 3.72. The molecule has 1 fully saturated rings. The van der Waals surface area contributed by atoms with Crippen LogP contribution in [0, 0.1) is 5.41 Å². The first-order chi connectivity index (χ1) is 9.74. The highest BCUT2D eigenvalue weighted by molar-refractivity contribution is 5.85. The number of nitrogens with two attached hydrogens (primary N) is 1. The van der Waals surface area contributed by atoms with E-state index in [-0.39, 0.29) is 11.5 Å². The molecule has 20 heavy (non-hydrogen) atoms. The van der Waals surface area contributed by atoms with Crippen molar-refractivity contribution in [1.82, 2.24) is 10.4 Å². The molecule has 1 unspecified atom stereocenters. The molecule has 3 heteroatoms. The molecule has 1 heterocycles. The average molecular weight is 269 g/mol. The first-order valence-electron chi connectivity index (χ1n) is 7.53. The first-order valence-corrected chi connectivity index (χ1v) is 7.53. The van der Waals surface area contributed by atoms with E-state index < -0.39 is 0 Å². The number of hydrazine groups is 1. The third-order valence-electron chi connectivity index (χ3n) is 4.88. The van der Waals surface area contributed by atoms with Crippen LogP contribution < -0.4 is 11.3 Å². The van der Waals surface area contributed by atoms with E-state index in [2.05, 4.69) is 41.6 Å². The lowest BCUT2D eigenvalue weighted by molar-refractivity contribution is 0.146. The maximum atomic E-state index is 5.95. The Balaban J connectivity index is 2.07. The van der Waals surface area contributed by atoms with Gasteiger partial charge in [-0.05, 0) is 35.3 Å². The molecule has 0 saturated heterocycles. The van der Waals surface area contributed by atoms with Crippen LogP contribution in [-0.2, 0) is 0 Å². The Morgan fingerprint density at radius 1 is 1.20 bits per heavy atom. The SMILES string of the molecule is CC1(C(NN)c2cccc3cnccc23)CCCCC1. The maximum Gasteiger partial charge on any atom is 0.0519 e. The zero-order valence-corrected chi connectivity index (χ0v) is 12.1. The molecule has 1 aliphatic rings. The van der Waals surface area contributed by atoms with Crippen LogP contribution in [-0.4, -0.2) is 4.98 Å². The van der Waals surface area contributed by atoms with Gasteiger partial charge in [-0.2, -0.15) is 0 Å². The number of pyridine rings is 1. The number of rotatable bonds is 3. The van der Waals surface area contributed by atoms with Crippen LogP contribution in [0.15, 0.2) is 36.7 Å². The second-order valence-corrected chi connectivity index (χ2v) is 6.26. The fourth-order valence-corrected chi connectivity index (χ4v) is 3.71. The highest BCUT2D eigenvalue weighted by Gasteiger charge is 2.36. The van der Waals surface area contributed by atoms with E-state index >= 15 is 0 Å². The summed E-state index contributed by atoms with van der Waals surface area (Å²) in [4.78, 5) is 4.22. The van der Waals surface area contributed by atoms with Crippen LogP contribution in [0.5, 0.6) is 0 Å². The van der Waals surface area contributed by atoms with Crippen molar-refractivity contribution in [3.05, 3.63) is 42.2 Å². The molecule has 1 aliphatic carbocycles. The fourth-order valence-electron chi connectivity index (χ4n) is 3.71. The Bertz CT molecular complexity index is 582. The summed E-state index contributed by atoms with van der Waals surface area (Å²) in [7, 11) is 0. The summed E-state index contributed by atoms with van der Waals surface area (Å²) in [6, 6.07) is 8.72. The summed E-state index contributed by atoms with van der Waals surface area (Å²) in [5.41, 5.74) is 4.64. The van der Waals surface area contributed by atoms with Crippen molar-refractivity contribution in [2.75, 3.05) is 0 Å². The maximum absolute atomic E-state index is 5.95. The van der Waals surface area contributed by atoms with E-state index in [4.69, 9.17) is 5.84 Å². The van der Waals surface area contributed by atoms with Crippen LogP contribution in [0.25, 0.3) is 10.8 Å². The quantitative estimate of drug-likeness (QED) is 0.659. The second kappa shape index (κ2) is 5.51. The summed E-state index contributed by atoms with van der Waals surface area (Å²) < 4.78 is 0. The lowest BCUT2D eigenvalue weighted by Crippen LogP contribution is -2.41. The summed E-state index contributed by atoms with van der Waals surface area (Å²) in [6.07, 6.45) is 10.2. The number of fused-ring (bicyclic) bond motifs is 1. The zero-order valence-electron chi connectivity index (χ0n) is 12.1. The van der Waals surface area contributed by atoms with Gasteiger partial charge in [0, 0.05) is 17.8 Å². The normalized spacial score (nSPS) is 19.9. The van der Waals surface area contributed by atoms with E-state index in [1.807, 2.05) is 12.4 Å². The molecular weight excluding hydrogens is 246 g/mol. The van der Waals surface area contributed by atoms with Gasteiger partial charge in [0.15, 0.2) is 0 Å². The van der Waals surface area contributed by atoms with Crippen molar-refractivity contribution < 1.29 is 0 Å². The molecule has 1 atom stereocenters. The Hall–Kier alpha value is -1.45. The third-order valence-corrected chi connectivity index (χ3v) is 4.88. The monoisotopic (exact) mass is 269 g/mol. The molecule has 0 amide bonds. The van der Waals surface area contributed by atoms with Crippen molar-refractivity contribution in [3.8, 4) is 0 Å². The van der Waals surface area contributed by atoms with Crippen LogP contribution >= 0.6 is 0 Å². The predicted octanol–water partition coefficient (Wildman–Crippen LogP) is 3.71. The fraction of sp³-hybridized carbons (Fsp3) is 0.471. The first kappa shape index (κ1) is 13.5. The molecule has 1 saturated carbocycles. The van der Waals surface area contributed by atoms with Gasteiger partial charge in [-0.3, -0.25) is 16.3 Å². The van der Waals surface area contributed by atoms with Gasteiger partial charge in [0.25, 0.3) is 0 Å². The van der Waals surface area contributed by atoms with Crippen LogP contribution in [0.4, 0.5) is 0 Å². The minimum absolute atomic E-state index is 0.203. The molecule has 0 spiro atoms. The van der Waals surface area contributed by atoms with Crippen molar-refractivity contribution in [2.45, 2.75) is 45.1 Å². The van der Waals surface area contributed by atoms with Gasteiger partial charge in [-0.1, -0.05) is 44.4 Å². The van der Waals surface area contributed by atoms with Gasteiger partial charge in [-0.15, -0.1) is 0 Å². The van der Waals surface area contributed by atoms with E-state index in [0.717, 1.165) is 0 Å². The smallest absolute Gasteiger partial charge is 0.0519 e. The highest BCUT2D eigenvalue weighted by Crippen LogP contribution is 2.46. The summed E-state index contributed by atoms with van der Waals surface area (Å²) in [5, 5.41) is 2.45. The lowest BCUT2D eigenvalue weighted by atomic mass is 9.68. The molecule has 3 N–H and O–H groups in total. The van der Waals surface area contributed by atoms with Gasteiger partial charge >= 0.3 is 0 Å². The summed E-state index contributed by atoms with van der Waals surface area (Å²) in [5.74, 6) is 5.95. The minimum Gasteiger partial charge on any atom is -0.271 e. The minimum atomic E-state index is 0.203. The Morgan fingerprint density at radius 3 is 2.75 bits per heavy atom. The number of aromatic nitrogens is 1. The van der Waals surface area contributed by atoms with E-state index in [9.17, 15) is 0 Å². The number of benzene rings is 1. The van der Waals surface area contributed by atoms with Crippen molar-refractivity contribution in [2.24, 2.45) is 11.3 Å². The second-order valence-electron chi connectivity index (χ2n) is 6.26. The Morgan fingerprint density at radius 2 is 2.00 bits per heavy atom. The number of hydrogen-bond donors (Lipinski definition) is 2. The topological polar surface area (TPSA) is 50.9 Å². The average Bonchev–Trinajstić information content (AvgIpc) is 2.49. The van der Waals surface area contributed by atoms with Gasteiger partial charge in [0.2, 0.25) is 0 Å². The molecule has 3 nitrogen and oxygen atoms in total. The predicted molar refractivity (Wildman–Crippen MR) is 83.0 cm³/mol. The van der Waals surface area contributed by atoms with Gasteiger partial charge in [0.05, 0.1) is 6.04 Å². The van der Waals surface area contributed by atoms with E-state index in [0.29, 0.717) is 0 Å². The molecule has 0 radical (unpaired) electrons. The number of nitrogens with zero attached hydrogens (tertiary/aromatic N) is 1. The molecular formula is C17H23N3. The van der Waals surface area contributed by atoms with Crippen LogP contribution in [0.3, 0.4) is 0 Å². The van der Waals surface area contributed by atoms with Crippen LogP contribution in [0.1, 0.15) is 50.6 Å². The van der Waals surface area contributed by atoms with Crippen molar-refractivity contribution in [3.63, 3.8) is 0 Å². The molecule has 1 aromatic heterocycles. The van der Waals surface area contributed by atoms with Crippen LogP contribution in [0.2, 0.25) is 0 Å². The van der Waals surface area contributed by atoms with E-state index in [1.165, 1.54) is 48.4 Å². The Labute approximate surface area is 120 Å². The van der Waals surface area contributed by atoms with Crippen molar-refractivity contribution in [1.29, 1.82) is 0 Å². The molecule has 2 aromatic rings. The number of nitrogens with one attached hydrogen (secondary N) is 1. The molecule has 0 bridgehead atoms. The largest absolute Gasteiger partial charge is 0.271 e.